The molecular weight excluding hydrogens is 306 g/mol. The van der Waals surface area contributed by atoms with Gasteiger partial charge < -0.3 is 10.2 Å². The van der Waals surface area contributed by atoms with Crippen LogP contribution in [-0.4, -0.2) is 47.0 Å². The second kappa shape index (κ2) is 7.47. The quantitative estimate of drug-likeness (QED) is 0.665. The van der Waals surface area contributed by atoms with Crippen LogP contribution in [-0.2, 0) is 10.8 Å². The van der Waals surface area contributed by atoms with Gasteiger partial charge in [-0.3, -0.25) is 9.20 Å². The molecule has 5 heteroatoms. The molecule has 0 bridgehead atoms. The lowest BCUT2D eigenvalue weighted by Crippen LogP contribution is -2.42. The van der Waals surface area contributed by atoms with Crippen LogP contribution >= 0.6 is 0 Å². The van der Waals surface area contributed by atoms with E-state index in [0.717, 1.165) is 30.5 Å². The van der Waals surface area contributed by atoms with E-state index in [0.29, 0.717) is 17.7 Å². The van der Waals surface area contributed by atoms with Crippen molar-refractivity contribution in [2.75, 3.05) is 31.9 Å². The molecular formula is C18H27N3OS. The molecule has 1 spiro atoms. The largest absolute Gasteiger partial charge is 0.357 e. The van der Waals surface area contributed by atoms with Crippen molar-refractivity contribution in [3.63, 3.8) is 0 Å². The van der Waals surface area contributed by atoms with E-state index in [2.05, 4.69) is 17.1 Å². The van der Waals surface area contributed by atoms with Crippen LogP contribution in [0.5, 0.6) is 0 Å². The highest BCUT2D eigenvalue weighted by Gasteiger charge is 2.43. The molecule has 2 aliphatic rings. The van der Waals surface area contributed by atoms with E-state index < -0.39 is 10.8 Å². The minimum absolute atomic E-state index is 0.572. The fourth-order valence-electron chi connectivity index (χ4n) is 3.55. The van der Waals surface area contributed by atoms with Crippen molar-refractivity contribution in [2.45, 2.75) is 37.5 Å². The van der Waals surface area contributed by atoms with E-state index >= 15 is 0 Å². The fraction of sp³-hybridized carbons (Fsp3) is 0.611. The SMILES string of the molecule is CCNC(=NCCS(=O)c1ccccc1)N1CCC2(CCC2)C1. The Morgan fingerprint density at radius 2 is 2.09 bits per heavy atom. The third kappa shape index (κ3) is 3.94. The molecule has 1 aliphatic heterocycles. The molecule has 23 heavy (non-hydrogen) atoms. The summed E-state index contributed by atoms with van der Waals surface area (Å²) in [4.78, 5) is 8.01. The Labute approximate surface area is 141 Å². The molecule has 0 amide bonds. The van der Waals surface area contributed by atoms with Gasteiger partial charge >= 0.3 is 0 Å². The molecule has 1 heterocycles. The first-order chi connectivity index (χ1) is 11.2. The standard InChI is InChI=1S/C18H27N3OS/c1-2-19-17(21-13-11-18(15-21)9-6-10-18)20-12-14-23(22)16-7-4-3-5-8-16/h3-5,7-8H,2,6,9-15H2,1H3,(H,19,20). The highest BCUT2D eigenvalue weighted by Crippen LogP contribution is 2.47. The average molecular weight is 334 g/mol. The van der Waals surface area contributed by atoms with Crippen LogP contribution in [0.1, 0.15) is 32.6 Å². The van der Waals surface area contributed by atoms with Gasteiger partial charge in [0.25, 0.3) is 0 Å². The lowest BCUT2D eigenvalue weighted by Gasteiger charge is -2.38. The first-order valence-electron chi connectivity index (χ1n) is 8.69. The third-order valence-electron chi connectivity index (χ3n) is 5.03. The second-order valence-electron chi connectivity index (χ2n) is 6.62. The number of benzene rings is 1. The number of nitrogens with zero attached hydrogens (tertiary/aromatic N) is 2. The molecule has 1 aliphatic carbocycles. The van der Waals surface area contributed by atoms with E-state index in [4.69, 9.17) is 4.99 Å². The van der Waals surface area contributed by atoms with Crippen molar-refractivity contribution < 1.29 is 4.21 Å². The zero-order valence-corrected chi connectivity index (χ0v) is 14.8. The molecule has 0 aromatic heterocycles. The highest BCUT2D eigenvalue weighted by molar-refractivity contribution is 7.85. The first kappa shape index (κ1) is 16.5. The maximum absolute atomic E-state index is 12.3. The summed E-state index contributed by atoms with van der Waals surface area (Å²) in [6.45, 7) is 5.83. The van der Waals surface area contributed by atoms with E-state index in [-0.39, 0.29) is 0 Å². The zero-order chi connectivity index (χ0) is 16.1. The van der Waals surface area contributed by atoms with Gasteiger partial charge in [-0.05, 0) is 43.7 Å². The van der Waals surface area contributed by atoms with Crippen LogP contribution in [0.4, 0.5) is 0 Å². The molecule has 1 unspecified atom stereocenters. The predicted octanol–water partition coefficient (Wildman–Crippen LogP) is 2.64. The zero-order valence-electron chi connectivity index (χ0n) is 14.0. The van der Waals surface area contributed by atoms with Gasteiger partial charge in [0.05, 0.1) is 17.3 Å². The monoisotopic (exact) mass is 333 g/mol. The predicted molar refractivity (Wildman–Crippen MR) is 96.2 cm³/mol. The Morgan fingerprint density at radius 3 is 2.70 bits per heavy atom. The van der Waals surface area contributed by atoms with Crippen molar-refractivity contribution in [3.05, 3.63) is 30.3 Å². The van der Waals surface area contributed by atoms with Crippen LogP contribution in [0, 0.1) is 5.41 Å². The van der Waals surface area contributed by atoms with Gasteiger partial charge in [0.2, 0.25) is 0 Å². The minimum atomic E-state index is -0.964. The molecule has 1 aromatic carbocycles. The molecule has 0 radical (unpaired) electrons. The number of nitrogens with one attached hydrogen (secondary N) is 1. The van der Waals surface area contributed by atoms with Gasteiger partial charge in [-0.1, -0.05) is 24.6 Å². The van der Waals surface area contributed by atoms with Gasteiger partial charge in [-0.2, -0.15) is 0 Å². The third-order valence-corrected chi connectivity index (χ3v) is 6.38. The summed E-state index contributed by atoms with van der Waals surface area (Å²) in [6, 6.07) is 9.66. The molecule has 1 saturated carbocycles. The Morgan fingerprint density at radius 1 is 1.30 bits per heavy atom. The maximum Gasteiger partial charge on any atom is 0.193 e. The summed E-state index contributed by atoms with van der Waals surface area (Å²) in [5.41, 5.74) is 0.572. The van der Waals surface area contributed by atoms with Crippen molar-refractivity contribution >= 4 is 16.8 Å². The number of likely N-dealkylation sites (tertiary alicyclic amines) is 1. The van der Waals surface area contributed by atoms with E-state index in [1.54, 1.807) is 0 Å². The summed E-state index contributed by atoms with van der Waals surface area (Å²) in [7, 11) is -0.964. The molecule has 1 saturated heterocycles. The fourth-order valence-corrected chi connectivity index (χ4v) is 4.50. The lowest BCUT2D eigenvalue weighted by molar-refractivity contribution is 0.151. The molecule has 3 rings (SSSR count). The number of hydrogen-bond donors (Lipinski definition) is 1. The highest BCUT2D eigenvalue weighted by atomic mass is 32.2. The summed E-state index contributed by atoms with van der Waals surface area (Å²) >= 11 is 0. The maximum atomic E-state index is 12.3. The van der Waals surface area contributed by atoms with E-state index in [1.165, 1.54) is 25.7 Å². The summed E-state index contributed by atoms with van der Waals surface area (Å²) in [6.07, 6.45) is 5.44. The van der Waals surface area contributed by atoms with Crippen LogP contribution in [0.25, 0.3) is 0 Å². The van der Waals surface area contributed by atoms with Crippen LogP contribution in [0.3, 0.4) is 0 Å². The Balaban J connectivity index is 1.56. The molecule has 2 fully saturated rings. The van der Waals surface area contributed by atoms with Crippen molar-refractivity contribution in [1.82, 2.24) is 10.2 Å². The molecule has 1 aromatic rings. The second-order valence-corrected chi connectivity index (χ2v) is 8.19. The Kier molecular flexibility index (Phi) is 5.36. The van der Waals surface area contributed by atoms with E-state index in [1.807, 2.05) is 30.3 Å². The lowest BCUT2D eigenvalue weighted by atomic mass is 9.68. The normalized spacial score (nSPS) is 21.3. The molecule has 4 nitrogen and oxygen atoms in total. The topological polar surface area (TPSA) is 44.7 Å². The van der Waals surface area contributed by atoms with Crippen LogP contribution in [0.2, 0.25) is 0 Å². The summed E-state index contributed by atoms with van der Waals surface area (Å²) in [5.74, 6) is 1.58. The first-order valence-corrected chi connectivity index (χ1v) is 10.0. The Hall–Kier alpha value is -1.36. The van der Waals surface area contributed by atoms with E-state index in [9.17, 15) is 4.21 Å². The summed E-state index contributed by atoms with van der Waals surface area (Å²) in [5, 5.41) is 3.40. The number of rotatable bonds is 5. The number of aliphatic imine (C=N–C) groups is 1. The number of hydrogen-bond acceptors (Lipinski definition) is 2. The molecule has 1 atom stereocenters. The Bertz CT molecular complexity index is 569. The molecule has 1 N–H and O–H groups in total. The average Bonchev–Trinajstić information content (AvgIpc) is 3.00. The van der Waals surface area contributed by atoms with Gasteiger partial charge in [0.15, 0.2) is 5.96 Å². The number of guanidine groups is 1. The van der Waals surface area contributed by atoms with Gasteiger partial charge in [-0.25, -0.2) is 0 Å². The summed E-state index contributed by atoms with van der Waals surface area (Å²) < 4.78 is 12.3. The van der Waals surface area contributed by atoms with Gasteiger partial charge in [0, 0.05) is 30.3 Å². The van der Waals surface area contributed by atoms with Crippen LogP contribution in [0.15, 0.2) is 40.2 Å². The van der Waals surface area contributed by atoms with Gasteiger partial charge in [0.1, 0.15) is 0 Å². The van der Waals surface area contributed by atoms with Gasteiger partial charge in [-0.15, -0.1) is 0 Å². The minimum Gasteiger partial charge on any atom is -0.357 e. The van der Waals surface area contributed by atoms with Crippen molar-refractivity contribution in [2.24, 2.45) is 10.4 Å². The van der Waals surface area contributed by atoms with Crippen molar-refractivity contribution in [1.29, 1.82) is 0 Å². The van der Waals surface area contributed by atoms with Crippen LogP contribution < -0.4 is 5.32 Å². The van der Waals surface area contributed by atoms with Crippen molar-refractivity contribution in [3.8, 4) is 0 Å². The molecule has 126 valence electrons. The smallest absolute Gasteiger partial charge is 0.193 e.